The van der Waals surface area contributed by atoms with E-state index in [1.807, 2.05) is 20.8 Å². The van der Waals surface area contributed by atoms with Crippen LogP contribution in [0.2, 0.25) is 0 Å². The van der Waals surface area contributed by atoms with Gasteiger partial charge in [-0.3, -0.25) is 4.79 Å². The number of aliphatic carboxylic acids is 1. The summed E-state index contributed by atoms with van der Waals surface area (Å²) in [4.78, 5) is 23.1. The standard InChI is InChI=1S/C16H23NO4/c1-16(2,3)9-8-13(15(20)21)17-14(19)10-11-4-6-12(18)7-5-11/h4-7,13,18H,8-10H2,1-3H3,(H,17,19)(H,20,21). The molecule has 3 N–H and O–H groups in total. The third-order valence-corrected chi connectivity index (χ3v) is 3.12. The highest BCUT2D eigenvalue weighted by Gasteiger charge is 2.22. The minimum absolute atomic E-state index is 0.0232. The number of phenolic OH excluding ortho intramolecular Hbond substituents is 1. The zero-order valence-electron chi connectivity index (χ0n) is 12.7. The summed E-state index contributed by atoms with van der Waals surface area (Å²) in [5.74, 6) is -1.21. The molecule has 0 saturated carbocycles. The maximum absolute atomic E-state index is 11.9. The summed E-state index contributed by atoms with van der Waals surface area (Å²) in [5, 5.41) is 20.9. The zero-order valence-corrected chi connectivity index (χ0v) is 12.7. The van der Waals surface area contributed by atoms with Crippen LogP contribution >= 0.6 is 0 Å². The molecule has 21 heavy (non-hydrogen) atoms. The van der Waals surface area contributed by atoms with Gasteiger partial charge in [-0.2, -0.15) is 0 Å². The van der Waals surface area contributed by atoms with Gasteiger partial charge in [0.15, 0.2) is 0 Å². The van der Waals surface area contributed by atoms with Crippen molar-refractivity contribution in [1.82, 2.24) is 5.32 Å². The highest BCUT2D eigenvalue weighted by Crippen LogP contribution is 2.21. The van der Waals surface area contributed by atoms with Gasteiger partial charge in [-0.05, 0) is 36.0 Å². The summed E-state index contributed by atoms with van der Waals surface area (Å²) in [7, 11) is 0. The molecule has 0 fully saturated rings. The normalized spacial score (nSPS) is 12.7. The second-order valence-corrected chi connectivity index (χ2v) is 6.40. The summed E-state index contributed by atoms with van der Waals surface area (Å²) in [6, 6.07) is 5.40. The number of hydrogen-bond acceptors (Lipinski definition) is 3. The van der Waals surface area contributed by atoms with Crippen molar-refractivity contribution < 1.29 is 19.8 Å². The number of hydrogen-bond donors (Lipinski definition) is 3. The van der Waals surface area contributed by atoms with Crippen LogP contribution in [-0.4, -0.2) is 28.1 Å². The molecule has 0 aliphatic carbocycles. The molecule has 0 spiro atoms. The van der Waals surface area contributed by atoms with Crippen LogP contribution in [0.15, 0.2) is 24.3 Å². The Bertz CT molecular complexity index is 488. The second kappa shape index (κ2) is 7.11. The Balaban J connectivity index is 2.56. The van der Waals surface area contributed by atoms with Gasteiger partial charge in [-0.15, -0.1) is 0 Å². The molecule has 0 radical (unpaired) electrons. The van der Waals surface area contributed by atoms with E-state index in [0.717, 1.165) is 5.56 Å². The van der Waals surface area contributed by atoms with Crippen LogP contribution in [0.25, 0.3) is 0 Å². The summed E-state index contributed by atoms with van der Waals surface area (Å²) in [6.07, 6.45) is 1.21. The first kappa shape index (κ1) is 17.0. The van der Waals surface area contributed by atoms with E-state index >= 15 is 0 Å². The molecule has 1 aromatic carbocycles. The fourth-order valence-electron chi connectivity index (χ4n) is 1.88. The average molecular weight is 293 g/mol. The van der Waals surface area contributed by atoms with Crippen molar-refractivity contribution in [1.29, 1.82) is 0 Å². The van der Waals surface area contributed by atoms with Gasteiger partial charge in [0.2, 0.25) is 5.91 Å². The highest BCUT2D eigenvalue weighted by molar-refractivity contribution is 5.84. The number of benzene rings is 1. The number of amides is 1. The van der Waals surface area contributed by atoms with Gasteiger partial charge < -0.3 is 15.5 Å². The summed E-state index contributed by atoms with van der Waals surface area (Å²) in [5.41, 5.74) is 0.750. The molecule has 0 aliphatic rings. The van der Waals surface area contributed by atoms with Crippen LogP contribution in [-0.2, 0) is 16.0 Å². The molecule has 1 atom stereocenters. The molecule has 1 rings (SSSR count). The second-order valence-electron chi connectivity index (χ2n) is 6.40. The third kappa shape index (κ3) is 6.79. The smallest absolute Gasteiger partial charge is 0.326 e. The van der Waals surface area contributed by atoms with Gasteiger partial charge in [0.1, 0.15) is 11.8 Å². The first-order valence-corrected chi connectivity index (χ1v) is 6.97. The van der Waals surface area contributed by atoms with Gasteiger partial charge in [-0.1, -0.05) is 32.9 Å². The number of carbonyl (C=O) groups is 2. The van der Waals surface area contributed by atoms with Gasteiger partial charge in [-0.25, -0.2) is 4.79 Å². The minimum Gasteiger partial charge on any atom is -0.508 e. The van der Waals surface area contributed by atoms with E-state index < -0.39 is 12.0 Å². The van der Waals surface area contributed by atoms with E-state index in [2.05, 4.69) is 5.32 Å². The highest BCUT2D eigenvalue weighted by atomic mass is 16.4. The van der Waals surface area contributed by atoms with Crippen molar-refractivity contribution in [3.05, 3.63) is 29.8 Å². The van der Waals surface area contributed by atoms with E-state index in [1.54, 1.807) is 12.1 Å². The Labute approximate surface area is 125 Å². The Morgan fingerprint density at radius 2 is 1.76 bits per heavy atom. The number of carbonyl (C=O) groups excluding carboxylic acids is 1. The van der Waals surface area contributed by atoms with Crippen LogP contribution in [0, 0.1) is 5.41 Å². The SMILES string of the molecule is CC(C)(C)CCC(NC(=O)Cc1ccc(O)cc1)C(=O)O. The molecule has 1 unspecified atom stereocenters. The van der Waals surface area contributed by atoms with Crippen LogP contribution in [0.5, 0.6) is 5.75 Å². The van der Waals surface area contributed by atoms with Crippen molar-refractivity contribution in [3.63, 3.8) is 0 Å². The third-order valence-electron chi connectivity index (χ3n) is 3.12. The number of carboxylic acids is 1. The zero-order chi connectivity index (χ0) is 16.0. The van der Waals surface area contributed by atoms with Crippen molar-refractivity contribution >= 4 is 11.9 Å². The molecular formula is C16H23NO4. The minimum atomic E-state index is -1.02. The molecule has 0 aliphatic heterocycles. The first-order valence-electron chi connectivity index (χ1n) is 6.97. The summed E-state index contributed by atoms with van der Waals surface area (Å²) >= 11 is 0. The van der Waals surface area contributed by atoms with E-state index in [9.17, 15) is 19.8 Å². The topological polar surface area (TPSA) is 86.6 Å². The van der Waals surface area contributed by atoms with Crippen LogP contribution in [0.4, 0.5) is 0 Å². The predicted molar refractivity (Wildman–Crippen MR) is 80.1 cm³/mol. The van der Waals surface area contributed by atoms with Crippen molar-refractivity contribution in [3.8, 4) is 5.75 Å². The lowest BCUT2D eigenvalue weighted by atomic mass is 9.88. The Morgan fingerprint density at radius 1 is 1.19 bits per heavy atom. The molecule has 1 amide bonds. The number of carboxylic acid groups (broad SMARTS) is 1. The van der Waals surface area contributed by atoms with E-state index in [1.165, 1.54) is 12.1 Å². The van der Waals surface area contributed by atoms with Crippen LogP contribution in [0.3, 0.4) is 0 Å². The van der Waals surface area contributed by atoms with Crippen molar-refractivity contribution in [2.45, 2.75) is 46.1 Å². The molecule has 116 valence electrons. The average Bonchev–Trinajstić information content (AvgIpc) is 2.36. The lowest BCUT2D eigenvalue weighted by molar-refractivity contribution is -0.142. The summed E-state index contributed by atoms with van der Waals surface area (Å²) in [6.45, 7) is 6.10. The van der Waals surface area contributed by atoms with Crippen molar-refractivity contribution in [2.75, 3.05) is 0 Å². The van der Waals surface area contributed by atoms with Crippen LogP contribution in [0.1, 0.15) is 39.2 Å². The van der Waals surface area contributed by atoms with Crippen molar-refractivity contribution in [2.24, 2.45) is 5.41 Å². The molecule has 0 saturated heterocycles. The Hall–Kier alpha value is -2.04. The van der Waals surface area contributed by atoms with E-state index in [0.29, 0.717) is 12.8 Å². The lowest BCUT2D eigenvalue weighted by Gasteiger charge is -2.21. The largest absolute Gasteiger partial charge is 0.508 e. The number of nitrogens with one attached hydrogen (secondary N) is 1. The monoisotopic (exact) mass is 293 g/mol. The Kier molecular flexibility index (Phi) is 5.76. The number of phenols is 1. The molecule has 1 aromatic rings. The fourth-order valence-corrected chi connectivity index (χ4v) is 1.88. The number of rotatable bonds is 6. The van der Waals surface area contributed by atoms with E-state index in [-0.39, 0.29) is 23.5 Å². The van der Waals surface area contributed by atoms with Gasteiger partial charge in [0, 0.05) is 0 Å². The maximum Gasteiger partial charge on any atom is 0.326 e. The quantitative estimate of drug-likeness (QED) is 0.751. The van der Waals surface area contributed by atoms with Gasteiger partial charge >= 0.3 is 5.97 Å². The molecule has 0 heterocycles. The fraction of sp³-hybridized carbons (Fsp3) is 0.500. The lowest BCUT2D eigenvalue weighted by Crippen LogP contribution is -2.42. The molecule has 5 nitrogen and oxygen atoms in total. The van der Waals surface area contributed by atoms with Crippen LogP contribution < -0.4 is 5.32 Å². The first-order chi connectivity index (χ1) is 9.67. The molecular weight excluding hydrogens is 270 g/mol. The predicted octanol–water partition coefficient (Wildman–Crippen LogP) is 2.33. The summed E-state index contributed by atoms with van der Waals surface area (Å²) < 4.78 is 0. The number of aromatic hydroxyl groups is 1. The van der Waals surface area contributed by atoms with Gasteiger partial charge in [0.05, 0.1) is 6.42 Å². The van der Waals surface area contributed by atoms with E-state index in [4.69, 9.17) is 0 Å². The molecule has 0 aromatic heterocycles. The maximum atomic E-state index is 11.9. The molecule has 0 bridgehead atoms. The van der Waals surface area contributed by atoms with Gasteiger partial charge in [0.25, 0.3) is 0 Å². The Morgan fingerprint density at radius 3 is 2.24 bits per heavy atom. The molecule has 5 heteroatoms.